The van der Waals surface area contributed by atoms with Crippen molar-refractivity contribution in [1.29, 1.82) is 0 Å². The Labute approximate surface area is 100 Å². The molecule has 0 aromatic rings. The molecule has 0 aliphatic heterocycles. The molecule has 0 fully saturated rings. The lowest BCUT2D eigenvalue weighted by Crippen LogP contribution is -2.47. The fourth-order valence-corrected chi connectivity index (χ4v) is 1.33. The van der Waals surface area contributed by atoms with Crippen molar-refractivity contribution in [3.8, 4) is 0 Å². The quantitative estimate of drug-likeness (QED) is 0.634. The first-order valence-electron chi connectivity index (χ1n) is 5.31. The lowest BCUT2D eigenvalue weighted by atomic mass is 10.2. The third-order valence-electron chi connectivity index (χ3n) is 2.13. The Morgan fingerprint density at radius 1 is 1.44 bits per heavy atom. The van der Waals surface area contributed by atoms with Gasteiger partial charge in [-0.15, -0.1) is 0 Å². The van der Waals surface area contributed by atoms with Crippen LogP contribution in [-0.4, -0.2) is 41.2 Å². The summed E-state index contributed by atoms with van der Waals surface area (Å²) in [5.41, 5.74) is 0. The first kappa shape index (κ1) is 15.1. The summed E-state index contributed by atoms with van der Waals surface area (Å²) < 4.78 is 0. The molecule has 0 bridgehead atoms. The van der Waals surface area contributed by atoms with Crippen molar-refractivity contribution in [3.63, 3.8) is 0 Å². The standard InChI is InChI=1S/C10H20N2O3S/c1-4-5-8(9(13)14)12-10(15)11-6-7(2)16-3/h7-8H,4-6H2,1-3H3,(H,13,14)(H2,11,12,15)/t7?,8-/m0/s1. The van der Waals surface area contributed by atoms with Gasteiger partial charge in [0.25, 0.3) is 0 Å². The maximum Gasteiger partial charge on any atom is 0.326 e. The Morgan fingerprint density at radius 2 is 2.06 bits per heavy atom. The van der Waals surface area contributed by atoms with Gasteiger partial charge in [-0.1, -0.05) is 20.3 Å². The van der Waals surface area contributed by atoms with Crippen molar-refractivity contribution < 1.29 is 14.7 Å². The van der Waals surface area contributed by atoms with Crippen molar-refractivity contribution in [2.24, 2.45) is 0 Å². The van der Waals surface area contributed by atoms with Crippen LogP contribution < -0.4 is 10.6 Å². The second kappa shape index (κ2) is 8.27. The number of aliphatic carboxylic acids is 1. The van der Waals surface area contributed by atoms with Crippen LogP contribution in [0.4, 0.5) is 4.79 Å². The summed E-state index contributed by atoms with van der Waals surface area (Å²) in [6.07, 6.45) is 3.13. The molecular formula is C10H20N2O3S. The SMILES string of the molecule is CCC[C@H](NC(=O)NCC(C)SC)C(=O)O. The average molecular weight is 248 g/mol. The molecule has 0 aromatic carbocycles. The second-order valence-corrected chi connectivity index (χ2v) is 4.86. The Kier molecular flexibility index (Phi) is 7.80. The number of carbonyl (C=O) groups is 2. The van der Waals surface area contributed by atoms with E-state index >= 15 is 0 Å². The number of nitrogens with one attached hydrogen (secondary N) is 2. The molecule has 0 saturated heterocycles. The summed E-state index contributed by atoms with van der Waals surface area (Å²) in [4.78, 5) is 22.1. The molecule has 2 amide bonds. The smallest absolute Gasteiger partial charge is 0.326 e. The fraction of sp³-hybridized carbons (Fsp3) is 0.800. The molecule has 0 aliphatic carbocycles. The molecule has 6 heteroatoms. The number of urea groups is 1. The number of thioether (sulfide) groups is 1. The predicted octanol–water partition coefficient (Wildman–Crippen LogP) is 1.29. The number of amides is 2. The largest absolute Gasteiger partial charge is 0.480 e. The first-order chi connectivity index (χ1) is 7.51. The van der Waals surface area contributed by atoms with Crippen LogP contribution in [0.25, 0.3) is 0 Å². The van der Waals surface area contributed by atoms with Crippen molar-refractivity contribution in [3.05, 3.63) is 0 Å². The minimum absolute atomic E-state index is 0.320. The van der Waals surface area contributed by atoms with Crippen molar-refractivity contribution in [2.45, 2.75) is 38.0 Å². The molecule has 3 N–H and O–H groups in total. The normalized spacial score (nSPS) is 13.9. The van der Waals surface area contributed by atoms with Gasteiger partial charge in [0.05, 0.1) is 0 Å². The molecule has 1 unspecified atom stereocenters. The molecule has 5 nitrogen and oxygen atoms in total. The van der Waals surface area contributed by atoms with E-state index in [1.807, 2.05) is 20.1 Å². The van der Waals surface area contributed by atoms with E-state index in [2.05, 4.69) is 10.6 Å². The number of hydrogen-bond acceptors (Lipinski definition) is 3. The zero-order chi connectivity index (χ0) is 12.6. The summed E-state index contributed by atoms with van der Waals surface area (Å²) in [5.74, 6) is -0.991. The Hall–Kier alpha value is -0.910. The molecule has 0 aromatic heterocycles. The van der Waals surface area contributed by atoms with E-state index in [1.54, 1.807) is 11.8 Å². The molecular weight excluding hydrogens is 228 g/mol. The van der Waals surface area contributed by atoms with Crippen LogP contribution in [0.5, 0.6) is 0 Å². The lowest BCUT2D eigenvalue weighted by Gasteiger charge is -2.15. The van der Waals surface area contributed by atoms with E-state index in [-0.39, 0.29) is 0 Å². The molecule has 16 heavy (non-hydrogen) atoms. The van der Waals surface area contributed by atoms with Gasteiger partial charge in [-0.3, -0.25) is 0 Å². The molecule has 0 saturated carbocycles. The van der Waals surface area contributed by atoms with E-state index < -0.39 is 18.0 Å². The molecule has 0 spiro atoms. The Morgan fingerprint density at radius 3 is 2.50 bits per heavy atom. The minimum Gasteiger partial charge on any atom is -0.480 e. The van der Waals surface area contributed by atoms with Crippen LogP contribution in [-0.2, 0) is 4.79 Å². The van der Waals surface area contributed by atoms with Gasteiger partial charge in [-0.25, -0.2) is 9.59 Å². The highest BCUT2D eigenvalue weighted by atomic mass is 32.2. The summed E-state index contributed by atoms with van der Waals surface area (Å²) in [5, 5.41) is 14.2. The van der Waals surface area contributed by atoms with E-state index in [4.69, 9.17) is 5.11 Å². The zero-order valence-corrected chi connectivity index (χ0v) is 10.8. The maximum atomic E-state index is 11.4. The molecule has 0 heterocycles. The summed E-state index contributed by atoms with van der Waals surface area (Å²) in [7, 11) is 0. The van der Waals surface area contributed by atoms with E-state index in [1.165, 1.54) is 0 Å². The molecule has 2 atom stereocenters. The van der Waals surface area contributed by atoms with E-state index in [0.29, 0.717) is 18.2 Å². The van der Waals surface area contributed by atoms with Crippen LogP contribution in [0.1, 0.15) is 26.7 Å². The van der Waals surface area contributed by atoms with Crippen LogP contribution >= 0.6 is 11.8 Å². The molecule has 0 rings (SSSR count). The van der Waals surface area contributed by atoms with Gasteiger partial charge in [0.1, 0.15) is 6.04 Å². The number of carbonyl (C=O) groups excluding carboxylic acids is 1. The lowest BCUT2D eigenvalue weighted by molar-refractivity contribution is -0.139. The minimum atomic E-state index is -0.991. The van der Waals surface area contributed by atoms with E-state index in [9.17, 15) is 9.59 Å². The fourth-order valence-electron chi connectivity index (χ4n) is 1.08. The third kappa shape index (κ3) is 6.55. The topological polar surface area (TPSA) is 78.4 Å². The Balaban J connectivity index is 3.95. The molecule has 94 valence electrons. The number of carboxylic acids is 1. The average Bonchev–Trinajstić information content (AvgIpc) is 2.25. The number of rotatable bonds is 7. The van der Waals surface area contributed by atoms with Gasteiger partial charge in [0.2, 0.25) is 0 Å². The van der Waals surface area contributed by atoms with Crippen LogP contribution in [0.15, 0.2) is 0 Å². The number of carboxylic acid groups (broad SMARTS) is 1. The van der Waals surface area contributed by atoms with Gasteiger partial charge in [-0.05, 0) is 12.7 Å². The summed E-state index contributed by atoms with van der Waals surface area (Å²) in [6.45, 7) is 4.41. The summed E-state index contributed by atoms with van der Waals surface area (Å²) in [6, 6.07) is -1.21. The highest BCUT2D eigenvalue weighted by molar-refractivity contribution is 7.99. The van der Waals surface area contributed by atoms with Crippen molar-refractivity contribution in [1.82, 2.24) is 10.6 Å². The number of hydrogen-bond donors (Lipinski definition) is 3. The van der Waals surface area contributed by atoms with E-state index in [0.717, 1.165) is 6.42 Å². The van der Waals surface area contributed by atoms with Crippen LogP contribution in [0.3, 0.4) is 0 Å². The second-order valence-electron chi connectivity index (χ2n) is 3.58. The van der Waals surface area contributed by atoms with Crippen LogP contribution in [0, 0.1) is 0 Å². The monoisotopic (exact) mass is 248 g/mol. The van der Waals surface area contributed by atoms with Gasteiger partial charge >= 0.3 is 12.0 Å². The highest BCUT2D eigenvalue weighted by Crippen LogP contribution is 2.02. The highest BCUT2D eigenvalue weighted by Gasteiger charge is 2.18. The van der Waals surface area contributed by atoms with Crippen molar-refractivity contribution in [2.75, 3.05) is 12.8 Å². The summed E-state index contributed by atoms with van der Waals surface area (Å²) >= 11 is 1.64. The van der Waals surface area contributed by atoms with Gasteiger partial charge in [-0.2, -0.15) is 11.8 Å². The molecule has 0 radical (unpaired) electrons. The molecule has 0 aliphatic rings. The van der Waals surface area contributed by atoms with Gasteiger partial charge < -0.3 is 15.7 Å². The van der Waals surface area contributed by atoms with Gasteiger partial charge in [0, 0.05) is 11.8 Å². The third-order valence-corrected chi connectivity index (χ3v) is 3.10. The Bertz CT molecular complexity index is 236. The predicted molar refractivity (Wildman–Crippen MR) is 65.8 cm³/mol. The maximum absolute atomic E-state index is 11.4. The zero-order valence-electron chi connectivity index (χ0n) is 9.95. The van der Waals surface area contributed by atoms with Gasteiger partial charge in [0.15, 0.2) is 0 Å². The van der Waals surface area contributed by atoms with Crippen molar-refractivity contribution >= 4 is 23.8 Å². The van der Waals surface area contributed by atoms with Crippen LogP contribution in [0.2, 0.25) is 0 Å². The first-order valence-corrected chi connectivity index (χ1v) is 6.60.